The third kappa shape index (κ3) is 4.88. The molecule has 3 rings (SSSR count). The summed E-state index contributed by atoms with van der Waals surface area (Å²) in [7, 11) is 0. The van der Waals surface area contributed by atoms with E-state index in [4.69, 9.17) is 9.84 Å². The molecule has 1 unspecified atom stereocenters. The lowest BCUT2D eigenvalue weighted by atomic mass is 10.0. The second-order valence-electron chi connectivity index (χ2n) is 6.51. The minimum absolute atomic E-state index is 0.0465. The Morgan fingerprint density at radius 1 is 1.07 bits per heavy atom. The molecule has 0 aliphatic carbocycles. The first-order valence-corrected chi connectivity index (χ1v) is 9.13. The van der Waals surface area contributed by atoms with Crippen LogP contribution in [0.3, 0.4) is 0 Å². The molecule has 146 valence electrons. The summed E-state index contributed by atoms with van der Waals surface area (Å²) >= 11 is 0. The second-order valence-corrected chi connectivity index (χ2v) is 6.51. The fraction of sp³-hybridized carbons (Fsp3) is 0.286. The van der Waals surface area contributed by atoms with Crippen LogP contribution in [0.1, 0.15) is 30.9 Å². The van der Waals surface area contributed by atoms with E-state index in [9.17, 15) is 14.4 Å². The molecule has 1 aliphatic rings. The van der Waals surface area contributed by atoms with Gasteiger partial charge in [0.05, 0.1) is 11.7 Å². The molecule has 1 atom stereocenters. The zero-order valence-electron chi connectivity index (χ0n) is 15.3. The van der Waals surface area contributed by atoms with E-state index in [1.54, 1.807) is 17.0 Å². The highest BCUT2D eigenvalue weighted by atomic mass is 16.5. The molecule has 1 aliphatic heterocycles. The molecule has 0 fully saturated rings. The van der Waals surface area contributed by atoms with Gasteiger partial charge in [0.15, 0.2) is 6.61 Å². The number of anilines is 1. The van der Waals surface area contributed by atoms with Crippen molar-refractivity contribution in [3.63, 3.8) is 0 Å². The van der Waals surface area contributed by atoms with Crippen molar-refractivity contribution in [3.05, 3.63) is 60.2 Å². The van der Waals surface area contributed by atoms with Gasteiger partial charge in [-0.25, -0.2) is 0 Å². The third-order valence-electron chi connectivity index (χ3n) is 4.55. The van der Waals surface area contributed by atoms with Crippen molar-refractivity contribution >= 4 is 23.5 Å². The van der Waals surface area contributed by atoms with Crippen LogP contribution in [0.4, 0.5) is 5.69 Å². The van der Waals surface area contributed by atoms with Crippen molar-refractivity contribution < 1.29 is 24.2 Å². The van der Waals surface area contributed by atoms with Crippen LogP contribution >= 0.6 is 0 Å². The molecule has 0 aromatic heterocycles. The van der Waals surface area contributed by atoms with Crippen LogP contribution in [0.2, 0.25) is 0 Å². The lowest BCUT2D eigenvalue weighted by Gasteiger charge is -2.29. The number of fused-ring (bicyclic) bond motifs is 1. The van der Waals surface area contributed by atoms with E-state index in [-0.39, 0.29) is 37.8 Å². The maximum Gasteiger partial charge on any atom is 0.303 e. The van der Waals surface area contributed by atoms with E-state index < -0.39 is 12.0 Å². The number of para-hydroxylation sites is 2. The molecule has 0 radical (unpaired) electrons. The van der Waals surface area contributed by atoms with Crippen molar-refractivity contribution in [2.75, 3.05) is 18.1 Å². The molecule has 2 aromatic carbocycles. The van der Waals surface area contributed by atoms with Crippen LogP contribution in [0, 0.1) is 0 Å². The van der Waals surface area contributed by atoms with Crippen LogP contribution in [0.5, 0.6) is 5.75 Å². The largest absolute Gasteiger partial charge is 0.482 e. The van der Waals surface area contributed by atoms with Gasteiger partial charge in [-0.15, -0.1) is 0 Å². The highest BCUT2D eigenvalue weighted by molar-refractivity contribution is 5.98. The Labute approximate surface area is 162 Å². The predicted octanol–water partition coefficient (Wildman–Crippen LogP) is 2.52. The molecular weight excluding hydrogens is 360 g/mol. The van der Waals surface area contributed by atoms with Gasteiger partial charge in [-0.2, -0.15) is 0 Å². The number of carboxylic acid groups (broad SMARTS) is 1. The van der Waals surface area contributed by atoms with Gasteiger partial charge in [0.2, 0.25) is 5.91 Å². The Morgan fingerprint density at radius 3 is 2.54 bits per heavy atom. The summed E-state index contributed by atoms with van der Waals surface area (Å²) in [6, 6.07) is 16.1. The predicted molar refractivity (Wildman–Crippen MR) is 103 cm³/mol. The minimum Gasteiger partial charge on any atom is -0.482 e. The van der Waals surface area contributed by atoms with Gasteiger partial charge in [-0.3, -0.25) is 14.4 Å². The van der Waals surface area contributed by atoms with Gasteiger partial charge in [-0.05, 0) is 24.1 Å². The highest BCUT2D eigenvalue weighted by Gasteiger charge is 2.26. The summed E-state index contributed by atoms with van der Waals surface area (Å²) in [4.78, 5) is 37.2. The first kappa shape index (κ1) is 19.4. The van der Waals surface area contributed by atoms with Crippen LogP contribution in [0.15, 0.2) is 54.6 Å². The fourth-order valence-corrected chi connectivity index (χ4v) is 3.15. The quantitative estimate of drug-likeness (QED) is 0.731. The van der Waals surface area contributed by atoms with E-state index in [0.717, 1.165) is 5.56 Å². The van der Waals surface area contributed by atoms with Crippen LogP contribution < -0.4 is 15.0 Å². The second kappa shape index (κ2) is 9.03. The Hall–Kier alpha value is -3.35. The Bertz CT molecular complexity index is 853. The molecule has 0 saturated carbocycles. The fourth-order valence-electron chi connectivity index (χ4n) is 3.15. The molecule has 1 heterocycles. The monoisotopic (exact) mass is 382 g/mol. The third-order valence-corrected chi connectivity index (χ3v) is 4.55. The number of benzene rings is 2. The number of hydrogen-bond donors (Lipinski definition) is 2. The summed E-state index contributed by atoms with van der Waals surface area (Å²) in [6.07, 6.45) is 0.357. The lowest BCUT2D eigenvalue weighted by molar-refractivity contribution is -0.137. The maximum absolute atomic E-state index is 12.5. The number of carboxylic acids is 1. The van der Waals surface area contributed by atoms with E-state index >= 15 is 0 Å². The Balaban J connectivity index is 1.63. The molecule has 28 heavy (non-hydrogen) atoms. The van der Waals surface area contributed by atoms with Gasteiger partial charge >= 0.3 is 5.97 Å². The molecule has 2 N–H and O–H groups in total. The molecule has 2 aromatic rings. The van der Waals surface area contributed by atoms with Crippen molar-refractivity contribution in [2.45, 2.75) is 25.3 Å². The van der Waals surface area contributed by atoms with Gasteiger partial charge in [0.1, 0.15) is 5.75 Å². The van der Waals surface area contributed by atoms with E-state index in [1.807, 2.05) is 42.5 Å². The lowest BCUT2D eigenvalue weighted by Crippen LogP contribution is -2.41. The summed E-state index contributed by atoms with van der Waals surface area (Å²) in [5, 5.41) is 11.9. The molecule has 7 nitrogen and oxygen atoms in total. The van der Waals surface area contributed by atoms with E-state index in [2.05, 4.69) is 5.32 Å². The van der Waals surface area contributed by atoms with Crippen molar-refractivity contribution in [1.29, 1.82) is 0 Å². The number of ether oxygens (including phenoxy) is 1. The summed E-state index contributed by atoms with van der Waals surface area (Å²) in [6.45, 7) is 0.176. The molecule has 0 saturated heterocycles. The molecule has 2 amide bonds. The van der Waals surface area contributed by atoms with Gasteiger partial charge in [0, 0.05) is 19.4 Å². The summed E-state index contributed by atoms with van der Waals surface area (Å²) < 4.78 is 5.40. The number of nitrogens with one attached hydrogen (secondary N) is 1. The van der Waals surface area contributed by atoms with Crippen LogP contribution in [-0.2, 0) is 14.4 Å². The maximum atomic E-state index is 12.5. The Kier molecular flexibility index (Phi) is 6.26. The zero-order valence-corrected chi connectivity index (χ0v) is 15.3. The first-order valence-electron chi connectivity index (χ1n) is 9.13. The smallest absolute Gasteiger partial charge is 0.303 e. The van der Waals surface area contributed by atoms with E-state index in [0.29, 0.717) is 17.9 Å². The average molecular weight is 382 g/mol. The number of nitrogens with zero attached hydrogens (tertiary/aromatic N) is 1. The average Bonchev–Trinajstić information content (AvgIpc) is 2.71. The molecule has 0 spiro atoms. The number of rotatable bonds is 8. The minimum atomic E-state index is -0.911. The van der Waals surface area contributed by atoms with Crippen molar-refractivity contribution in [3.8, 4) is 5.75 Å². The number of hydrogen-bond acceptors (Lipinski definition) is 4. The standard InChI is InChI=1S/C21H22N2O5/c24-19(22-16(10-11-21(26)27)15-6-2-1-3-7-15)12-13-23-17-8-4-5-9-18(17)28-14-20(23)25/h1-9,16H,10-14H2,(H,22,24)(H,26,27). The molecule has 0 bridgehead atoms. The zero-order chi connectivity index (χ0) is 19.9. The van der Waals surface area contributed by atoms with Crippen molar-refractivity contribution in [2.24, 2.45) is 0 Å². The topological polar surface area (TPSA) is 95.9 Å². The van der Waals surface area contributed by atoms with E-state index in [1.165, 1.54) is 0 Å². The van der Waals surface area contributed by atoms with Gasteiger partial charge in [-0.1, -0.05) is 42.5 Å². The van der Waals surface area contributed by atoms with Crippen molar-refractivity contribution in [1.82, 2.24) is 5.32 Å². The summed E-state index contributed by atoms with van der Waals surface area (Å²) in [5.74, 6) is -0.732. The first-order chi connectivity index (χ1) is 13.5. The highest BCUT2D eigenvalue weighted by Crippen LogP contribution is 2.31. The van der Waals surface area contributed by atoms with Gasteiger partial charge < -0.3 is 20.1 Å². The van der Waals surface area contributed by atoms with Crippen LogP contribution in [-0.4, -0.2) is 36.0 Å². The Morgan fingerprint density at radius 2 is 1.79 bits per heavy atom. The molecular formula is C21H22N2O5. The molecule has 7 heteroatoms. The number of carbonyl (C=O) groups excluding carboxylic acids is 2. The normalized spacial score (nSPS) is 14.0. The SMILES string of the molecule is O=C(O)CCC(NC(=O)CCN1C(=O)COc2ccccc21)c1ccccc1. The number of amides is 2. The number of carbonyl (C=O) groups is 3. The van der Waals surface area contributed by atoms with Gasteiger partial charge in [0.25, 0.3) is 5.91 Å². The van der Waals surface area contributed by atoms with Crippen LogP contribution in [0.25, 0.3) is 0 Å². The summed E-state index contributed by atoms with van der Waals surface area (Å²) in [5.41, 5.74) is 1.50. The number of aliphatic carboxylic acids is 1.